The molecule has 6 heteroatoms. The Hall–Kier alpha value is -1.89. The van der Waals surface area contributed by atoms with Crippen LogP contribution < -0.4 is 10.1 Å². The molecule has 0 aliphatic rings. The highest BCUT2D eigenvalue weighted by atomic mass is 32.1. The molecule has 2 atom stereocenters. The minimum Gasteiger partial charge on any atom is -0.481 e. The van der Waals surface area contributed by atoms with Crippen LogP contribution in [0.15, 0.2) is 47.8 Å². The van der Waals surface area contributed by atoms with Crippen molar-refractivity contribution in [3.05, 3.63) is 52.7 Å². The molecule has 5 nitrogen and oxygen atoms in total. The third-order valence-corrected chi connectivity index (χ3v) is 4.12. The lowest BCUT2D eigenvalue weighted by atomic mass is 10.2. The topological polar surface area (TPSA) is 67.8 Å². The lowest BCUT2D eigenvalue weighted by molar-refractivity contribution is -0.128. The van der Waals surface area contributed by atoms with Gasteiger partial charge >= 0.3 is 0 Å². The maximum atomic E-state index is 12.2. The van der Waals surface area contributed by atoms with Crippen molar-refractivity contribution in [2.75, 3.05) is 19.8 Å². The first-order valence-electron chi connectivity index (χ1n) is 7.46. The van der Waals surface area contributed by atoms with Crippen LogP contribution in [0.2, 0.25) is 0 Å². The Morgan fingerprint density at radius 2 is 2.04 bits per heavy atom. The fourth-order valence-electron chi connectivity index (χ4n) is 2.00. The molecule has 0 fully saturated rings. The number of aliphatic hydroxyl groups excluding tert-OH is 1. The van der Waals surface area contributed by atoms with Crippen LogP contribution in [0.25, 0.3) is 0 Å². The van der Waals surface area contributed by atoms with Gasteiger partial charge in [0.2, 0.25) is 0 Å². The molecule has 0 radical (unpaired) electrons. The average molecular weight is 335 g/mol. The van der Waals surface area contributed by atoms with Crippen molar-refractivity contribution < 1.29 is 19.4 Å². The molecule has 1 aromatic heterocycles. The lowest BCUT2D eigenvalue weighted by Crippen LogP contribution is -2.38. The van der Waals surface area contributed by atoms with Gasteiger partial charge in [-0.25, -0.2) is 0 Å². The maximum absolute atomic E-state index is 12.2. The Labute approximate surface area is 139 Å². The Bertz CT molecular complexity index is 574. The minimum atomic E-state index is -0.598. The smallest absolute Gasteiger partial charge is 0.260 e. The Balaban J connectivity index is 1.85. The van der Waals surface area contributed by atoms with Crippen LogP contribution in [-0.4, -0.2) is 36.9 Å². The number of carbonyl (C=O) groups is 1. The van der Waals surface area contributed by atoms with Crippen LogP contribution in [-0.2, 0) is 9.53 Å². The number of ether oxygens (including phenoxy) is 2. The molecule has 1 amide bonds. The van der Waals surface area contributed by atoms with Crippen molar-refractivity contribution in [2.24, 2.45) is 0 Å². The second kappa shape index (κ2) is 9.29. The van der Waals surface area contributed by atoms with Gasteiger partial charge in [0.05, 0.1) is 13.2 Å². The van der Waals surface area contributed by atoms with E-state index in [9.17, 15) is 4.79 Å². The summed E-state index contributed by atoms with van der Waals surface area (Å²) in [5, 5.41) is 13.7. The molecule has 2 rings (SSSR count). The summed E-state index contributed by atoms with van der Waals surface area (Å²) in [6.45, 7) is 2.22. The SMILES string of the molecule is C[C@@H](Oc1ccccc1)C(=O)NC[C@H](OCCO)c1cccs1. The molecule has 2 aromatic rings. The molecule has 1 heterocycles. The molecule has 124 valence electrons. The first-order chi connectivity index (χ1) is 11.2. The molecular weight excluding hydrogens is 314 g/mol. The number of hydrogen-bond acceptors (Lipinski definition) is 5. The lowest BCUT2D eigenvalue weighted by Gasteiger charge is -2.19. The zero-order valence-electron chi connectivity index (χ0n) is 13.0. The summed E-state index contributed by atoms with van der Waals surface area (Å²) >= 11 is 1.55. The van der Waals surface area contributed by atoms with E-state index in [-0.39, 0.29) is 25.2 Å². The summed E-state index contributed by atoms with van der Waals surface area (Å²) in [6.07, 6.45) is -0.866. The van der Waals surface area contributed by atoms with Gasteiger partial charge in [0.1, 0.15) is 11.9 Å². The molecule has 0 aliphatic heterocycles. The summed E-state index contributed by atoms with van der Waals surface area (Å²) in [4.78, 5) is 13.2. The summed E-state index contributed by atoms with van der Waals surface area (Å²) in [6, 6.07) is 13.1. The van der Waals surface area contributed by atoms with E-state index in [1.165, 1.54) is 0 Å². The summed E-state index contributed by atoms with van der Waals surface area (Å²) in [5.74, 6) is 0.449. The van der Waals surface area contributed by atoms with Crippen molar-refractivity contribution >= 4 is 17.2 Å². The van der Waals surface area contributed by atoms with Crippen molar-refractivity contribution in [3.63, 3.8) is 0 Å². The zero-order chi connectivity index (χ0) is 16.5. The van der Waals surface area contributed by atoms with Gasteiger partial charge in [0.15, 0.2) is 6.10 Å². The molecule has 2 N–H and O–H groups in total. The fourth-order valence-corrected chi connectivity index (χ4v) is 2.78. The molecule has 0 spiro atoms. The number of thiophene rings is 1. The highest BCUT2D eigenvalue weighted by molar-refractivity contribution is 7.10. The van der Waals surface area contributed by atoms with Crippen LogP contribution >= 0.6 is 11.3 Å². The number of nitrogens with one attached hydrogen (secondary N) is 1. The normalized spacial score (nSPS) is 13.3. The molecule has 0 bridgehead atoms. The molecule has 0 saturated carbocycles. The largest absolute Gasteiger partial charge is 0.481 e. The van der Waals surface area contributed by atoms with E-state index in [1.54, 1.807) is 18.3 Å². The average Bonchev–Trinajstić information content (AvgIpc) is 3.10. The second-order valence-corrected chi connectivity index (χ2v) is 5.90. The van der Waals surface area contributed by atoms with Gasteiger partial charge in [-0.1, -0.05) is 24.3 Å². The van der Waals surface area contributed by atoms with E-state index in [1.807, 2.05) is 47.8 Å². The van der Waals surface area contributed by atoms with Crippen molar-refractivity contribution in [2.45, 2.75) is 19.1 Å². The number of para-hydroxylation sites is 1. The Morgan fingerprint density at radius 1 is 1.26 bits per heavy atom. The van der Waals surface area contributed by atoms with Crippen LogP contribution in [0.5, 0.6) is 5.75 Å². The summed E-state index contributed by atoms with van der Waals surface area (Å²) in [7, 11) is 0. The number of benzene rings is 1. The third-order valence-electron chi connectivity index (χ3n) is 3.16. The third kappa shape index (κ3) is 5.67. The molecule has 23 heavy (non-hydrogen) atoms. The number of carbonyl (C=O) groups excluding carboxylic acids is 1. The van der Waals surface area contributed by atoms with Crippen LogP contribution in [0, 0.1) is 0 Å². The predicted octanol–water partition coefficient (Wildman–Crippen LogP) is 2.38. The number of amides is 1. The monoisotopic (exact) mass is 335 g/mol. The van der Waals surface area contributed by atoms with E-state index in [4.69, 9.17) is 14.6 Å². The van der Waals surface area contributed by atoms with E-state index < -0.39 is 6.10 Å². The van der Waals surface area contributed by atoms with E-state index in [0.717, 1.165) is 4.88 Å². The Kier molecular flexibility index (Phi) is 7.06. The van der Waals surface area contributed by atoms with Crippen molar-refractivity contribution in [3.8, 4) is 5.75 Å². The minimum absolute atomic E-state index is 0.0522. The van der Waals surface area contributed by atoms with Gasteiger partial charge < -0.3 is 19.9 Å². The fraction of sp³-hybridized carbons (Fsp3) is 0.353. The standard InChI is InChI=1S/C17H21NO4S/c1-13(22-14-6-3-2-4-7-14)17(20)18-12-15(21-10-9-19)16-8-5-11-23-16/h2-8,11,13,15,19H,9-10,12H2,1H3,(H,18,20)/t13-,15+/m1/s1. The van der Waals surface area contributed by atoms with Gasteiger partial charge in [-0.3, -0.25) is 4.79 Å². The molecule has 1 aromatic carbocycles. The van der Waals surface area contributed by atoms with Gasteiger partial charge in [0.25, 0.3) is 5.91 Å². The van der Waals surface area contributed by atoms with Gasteiger partial charge in [-0.2, -0.15) is 0 Å². The van der Waals surface area contributed by atoms with E-state index in [2.05, 4.69) is 5.32 Å². The summed E-state index contributed by atoms with van der Waals surface area (Å²) in [5.41, 5.74) is 0. The first kappa shape index (κ1) is 17.5. The first-order valence-corrected chi connectivity index (χ1v) is 8.34. The summed E-state index contributed by atoms with van der Waals surface area (Å²) < 4.78 is 11.2. The number of rotatable bonds is 9. The molecule has 0 aliphatic carbocycles. The Morgan fingerprint density at radius 3 is 2.70 bits per heavy atom. The van der Waals surface area contributed by atoms with Crippen LogP contribution in [0.1, 0.15) is 17.9 Å². The highest BCUT2D eigenvalue weighted by Crippen LogP contribution is 2.21. The predicted molar refractivity (Wildman–Crippen MR) is 89.6 cm³/mol. The van der Waals surface area contributed by atoms with Gasteiger partial charge in [-0.05, 0) is 30.5 Å². The molecule has 0 unspecified atom stereocenters. The van der Waals surface area contributed by atoms with Crippen LogP contribution in [0.4, 0.5) is 0 Å². The quantitative estimate of drug-likeness (QED) is 0.738. The number of aliphatic hydroxyl groups is 1. The van der Waals surface area contributed by atoms with Gasteiger partial charge in [-0.15, -0.1) is 11.3 Å². The second-order valence-electron chi connectivity index (χ2n) is 4.92. The maximum Gasteiger partial charge on any atom is 0.260 e. The van der Waals surface area contributed by atoms with E-state index in [0.29, 0.717) is 12.3 Å². The van der Waals surface area contributed by atoms with E-state index >= 15 is 0 Å². The number of hydrogen-bond donors (Lipinski definition) is 2. The zero-order valence-corrected chi connectivity index (χ0v) is 13.8. The molecule has 0 saturated heterocycles. The highest BCUT2D eigenvalue weighted by Gasteiger charge is 2.18. The van der Waals surface area contributed by atoms with Crippen molar-refractivity contribution in [1.82, 2.24) is 5.32 Å². The van der Waals surface area contributed by atoms with Gasteiger partial charge in [0, 0.05) is 11.4 Å². The van der Waals surface area contributed by atoms with Crippen molar-refractivity contribution in [1.29, 1.82) is 0 Å². The van der Waals surface area contributed by atoms with Crippen LogP contribution in [0.3, 0.4) is 0 Å². The molecular formula is C17H21NO4S.